The first-order valence-corrected chi connectivity index (χ1v) is 8.59. The van der Waals surface area contributed by atoms with Gasteiger partial charge in [0.15, 0.2) is 0 Å². The molecule has 0 bridgehead atoms. The highest BCUT2D eigenvalue weighted by atomic mass is 16.5. The molecule has 0 unspecified atom stereocenters. The summed E-state index contributed by atoms with van der Waals surface area (Å²) in [6.07, 6.45) is 2.46. The molecule has 136 valence electrons. The van der Waals surface area contributed by atoms with E-state index in [0.717, 1.165) is 5.39 Å². The number of nitrogens with zero attached hydrogens (tertiary/aromatic N) is 3. The van der Waals surface area contributed by atoms with E-state index in [1.165, 1.54) is 12.0 Å². The van der Waals surface area contributed by atoms with Gasteiger partial charge in [-0.3, -0.25) is 19.2 Å². The van der Waals surface area contributed by atoms with Crippen LogP contribution in [0.2, 0.25) is 0 Å². The number of hydrogen-bond donors (Lipinski definition) is 0. The fourth-order valence-electron chi connectivity index (χ4n) is 3.26. The number of benzene rings is 2. The maximum Gasteiger partial charge on any atom is 0.337 e. The highest BCUT2D eigenvalue weighted by Crippen LogP contribution is 2.22. The van der Waals surface area contributed by atoms with Crippen LogP contribution in [-0.2, 0) is 11.3 Å². The second-order valence-corrected chi connectivity index (χ2v) is 6.32. The largest absolute Gasteiger partial charge is 0.465 e. The van der Waals surface area contributed by atoms with E-state index in [9.17, 15) is 14.4 Å². The van der Waals surface area contributed by atoms with E-state index in [0.29, 0.717) is 41.7 Å². The van der Waals surface area contributed by atoms with Gasteiger partial charge in [0.05, 0.1) is 29.3 Å². The molecule has 1 aliphatic heterocycles. The lowest BCUT2D eigenvalue weighted by Crippen LogP contribution is -2.31. The van der Waals surface area contributed by atoms with E-state index in [2.05, 4.69) is 5.10 Å². The number of rotatable bonds is 5. The van der Waals surface area contributed by atoms with Gasteiger partial charge in [-0.05, 0) is 30.7 Å². The lowest BCUT2D eigenvalue weighted by molar-refractivity contribution is 0.0598. The van der Waals surface area contributed by atoms with E-state index >= 15 is 0 Å². The van der Waals surface area contributed by atoms with Gasteiger partial charge in [-0.25, -0.2) is 4.79 Å². The van der Waals surface area contributed by atoms with Gasteiger partial charge in [0.25, 0.3) is 11.8 Å². The smallest absolute Gasteiger partial charge is 0.337 e. The molecule has 1 aromatic heterocycles. The van der Waals surface area contributed by atoms with Crippen molar-refractivity contribution in [3.8, 4) is 0 Å². The Morgan fingerprint density at radius 1 is 1.04 bits per heavy atom. The van der Waals surface area contributed by atoms with E-state index in [-0.39, 0.29) is 11.8 Å². The highest BCUT2D eigenvalue weighted by molar-refractivity contribution is 6.21. The molecule has 27 heavy (non-hydrogen) atoms. The summed E-state index contributed by atoms with van der Waals surface area (Å²) in [6, 6.07) is 12.1. The Morgan fingerprint density at radius 2 is 1.74 bits per heavy atom. The Balaban J connectivity index is 1.43. The zero-order valence-corrected chi connectivity index (χ0v) is 14.7. The molecule has 2 heterocycles. The minimum absolute atomic E-state index is 0.246. The van der Waals surface area contributed by atoms with Crippen LogP contribution >= 0.6 is 0 Å². The summed E-state index contributed by atoms with van der Waals surface area (Å²) >= 11 is 0. The predicted molar refractivity (Wildman–Crippen MR) is 97.5 cm³/mol. The van der Waals surface area contributed by atoms with Crippen LogP contribution in [0.3, 0.4) is 0 Å². The Kier molecular flexibility index (Phi) is 4.19. The van der Waals surface area contributed by atoms with Crippen molar-refractivity contribution in [2.45, 2.75) is 13.0 Å². The molecule has 0 saturated heterocycles. The van der Waals surface area contributed by atoms with Crippen molar-refractivity contribution in [2.75, 3.05) is 13.7 Å². The lowest BCUT2D eigenvalue weighted by atomic mass is 10.1. The van der Waals surface area contributed by atoms with Crippen LogP contribution < -0.4 is 0 Å². The molecule has 2 aromatic carbocycles. The van der Waals surface area contributed by atoms with E-state index in [1.54, 1.807) is 41.1 Å². The van der Waals surface area contributed by atoms with Crippen LogP contribution in [0.25, 0.3) is 10.9 Å². The molecule has 2 amide bonds. The molecular formula is C20H17N3O4. The minimum Gasteiger partial charge on any atom is -0.465 e. The summed E-state index contributed by atoms with van der Waals surface area (Å²) < 4.78 is 6.47. The third-order valence-electron chi connectivity index (χ3n) is 4.62. The maximum atomic E-state index is 12.4. The Hall–Kier alpha value is -3.48. The van der Waals surface area contributed by atoms with Gasteiger partial charge in [-0.15, -0.1) is 0 Å². The van der Waals surface area contributed by atoms with Gasteiger partial charge in [0.2, 0.25) is 0 Å². The van der Waals surface area contributed by atoms with Crippen molar-refractivity contribution in [3.05, 3.63) is 65.4 Å². The normalized spacial score (nSPS) is 13.3. The summed E-state index contributed by atoms with van der Waals surface area (Å²) in [7, 11) is 1.34. The third kappa shape index (κ3) is 2.97. The van der Waals surface area contributed by atoms with E-state index in [4.69, 9.17) is 4.74 Å². The topological polar surface area (TPSA) is 81.5 Å². The van der Waals surface area contributed by atoms with Gasteiger partial charge < -0.3 is 4.74 Å². The van der Waals surface area contributed by atoms with Gasteiger partial charge >= 0.3 is 5.97 Å². The summed E-state index contributed by atoms with van der Waals surface area (Å²) in [6.45, 7) is 0.881. The first-order chi connectivity index (χ1) is 13.1. The second-order valence-electron chi connectivity index (χ2n) is 6.32. The quantitative estimate of drug-likeness (QED) is 0.514. The second kappa shape index (κ2) is 6.68. The number of ether oxygens (including phenoxy) is 1. The predicted octanol–water partition coefficient (Wildman–Crippen LogP) is 2.51. The zero-order chi connectivity index (χ0) is 19.0. The number of methoxy groups -OCH3 is 1. The number of esters is 1. The standard InChI is InChI=1S/C20H17N3O4/c1-27-20(26)13-7-8-14-12-22(21-17(14)11-13)9-4-10-23-18(24)15-5-2-3-6-16(15)19(23)25/h2-3,5-8,11-12H,4,9-10H2,1H3. The van der Waals surface area contributed by atoms with Gasteiger partial charge in [0, 0.05) is 24.7 Å². The molecule has 7 heteroatoms. The van der Waals surface area contributed by atoms with Crippen molar-refractivity contribution in [1.29, 1.82) is 0 Å². The molecular weight excluding hydrogens is 346 g/mol. The van der Waals surface area contributed by atoms with Gasteiger partial charge in [0.1, 0.15) is 0 Å². The molecule has 0 radical (unpaired) electrons. The highest BCUT2D eigenvalue weighted by Gasteiger charge is 2.34. The first-order valence-electron chi connectivity index (χ1n) is 8.59. The summed E-state index contributed by atoms with van der Waals surface area (Å²) in [4.78, 5) is 37.6. The Bertz CT molecular complexity index is 1040. The summed E-state index contributed by atoms with van der Waals surface area (Å²) in [5, 5.41) is 5.36. The number of carbonyl (C=O) groups excluding carboxylic acids is 3. The summed E-state index contributed by atoms with van der Waals surface area (Å²) in [5.41, 5.74) is 2.06. The average molecular weight is 363 g/mol. The van der Waals surface area contributed by atoms with Crippen molar-refractivity contribution >= 4 is 28.7 Å². The number of aryl methyl sites for hydroxylation is 1. The third-order valence-corrected chi connectivity index (χ3v) is 4.62. The lowest BCUT2D eigenvalue weighted by Gasteiger charge is -2.13. The van der Waals surface area contributed by atoms with E-state index < -0.39 is 5.97 Å². The number of hydrogen-bond acceptors (Lipinski definition) is 5. The van der Waals surface area contributed by atoms with E-state index in [1.807, 2.05) is 12.3 Å². The van der Waals surface area contributed by atoms with Crippen LogP contribution in [0, 0.1) is 0 Å². The monoisotopic (exact) mass is 363 g/mol. The van der Waals surface area contributed by atoms with Crippen molar-refractivity contribution in [1.82, 2.24) is 14.7 Å². The number of aromatic nitrogens is 2. The fourth-order valence-corrected chi connectivity index (χ4v) is 3.26. The van der Waals surface area contributed by atoms with Gasteiger partial charge in [-0.2, -0.15) is 5.10 Å². The molecule has 0 fully saturated rings. The molecule has 0 aliphatic carbocycles. The Morgan fingerprint density at radius 3 is 2.41 bits per heavy atom. The molecule has 0 atom stereocenters. The fraction of sp³-hybridized carbons (Fsp3) is 0.200. The molecule has 3 aromatic rings. The molecule has 1 aliphatic rings. The Labute approximate surface area is 155 Å². The van der Waals surface area contributed by atoms with Gasteiger partial charge in [-0.1, -0.05) is 18.2 Å². The van der Waals surface area contributed by atoms with Crippen LogP contribution in [0.15, 0.2) is 48.7 Å². The minimum atomic E-state index is -0.405. The SMILES string of the molecule is COC(=O)c1ccc2cn(CCCN3C(=O)c4ccccc4C3=O)nc2c1. The number of imide groups is 1. The molecule has 0 N–H and O–H groups in total. The zero-order valence-electron chi connectivity index (χ0n) is 14.7. The van der Waals surface area contributed by atoms with Crippen LogP contribution in [0.4, 0.5) is 0 Å². The molecule has 7 nitrogen and oxygen atoms in total. The maximum absolute atomic E-state index is 12.4. The van der Waals surface area contributed by atoms with Crippen LogP contribution in [0.1, 0.15) is 37.5 Å². The molecule has 0 saturated carbocycles. The first kappa shape index (κ1) is 17.0. The van der Waals surface area contributed by atoms with Crippen LogP contribution in [0.5, 0.6) is 0 Å². The van der Waals surface area contributed by atoms with Crippen molar-refractivity contribution in [3.63, 3.8) is 0 Å². The average Bonchev–Trinajstić information content (AvgIpc) is 3.21. The summed E-state index contributed by atoms with van der Waals surface area (Å²) in [5.74, 6) is -0.898. The van der Waals surface area contributed by atoms with Crippen molar-refractivity contribution in [2.24, 2.45) is 0 Å². The number of fused-ring (bicyclic) bond motifs is 2. The number of carbonyl (C=O) groups is 3. The molecule has 0 spiro atoms. The van der Waals surface area contributed by atoms with Crippen molar-refractivity contribution < 1.29 is 19.1 Å². The molecule has 4 rings (SSSR count). The van der Waals surface area contributed by atoms with Crippen LogP contribution in [-0.4, -0.2) is 46.1 Å². The number of amides is 2.